The smallest absolute Gasteiger partial charge is 0.451 e. The molecule has 0 N–H and O–H groups in total. The van der Waals surface area contributed by atoms with Crippen LogP contribution in [0.3, 0.4) is 0 Å². The van der Waals surface area contributed by atoms with Gasteiger partial charge in [0.1, 0.15) is 16.5 Å². The van der Waals surface area contributed by atoms with Gasteiger partial charge in [-0.3, -0.25) is 0 Å². The van der Waals surface area contributed by atoms with E-state index in [1.165, 1.54) is 20.3 Å². The van der Waals surface area contributed by atoms with Crippen molar-refractivity contribution in [2.45, 2.75) is 16.4 Å². The highest BCUT2D eigenvalue weighted by atomic mass is 32.2. The number of halogens is 3. The van der Waals surface area contributed by atoms with Crippen molar-refractivity contribution in [1.82, 2.24) is 20.2 Å². The quantitative estimate of drug-likeness (QED) is 0.412. The van der Waals surface area contributed by atoms with Crippen LogP contribution in [0, 0.1) is 0 Å². The van der Waals surface area contributed by atoms with E-state index in [1.807, 2.05) is 0 Å². The molecular formula is C19H13F3N4O3S. The summed E-state index contributed by atoms with van der Waals surface area (Å²) in [7, 11) is 3.01. The lowest BCUT2D eigenvalue weighted by Crippen LogP contribution is -2.11. The molecule has 0 aliphatic rings. The number of hydrogen-bond acceptors (Lipinski definition) is 8. The Bertz CT molecular complexity index is 1210. The van der Waals surface area contributed by atoms with Gasteiger partial charge in [0.25, 0.3) is 11.1 Å². The minimum atomic E-state index is -4.68. The SMILES string of the molecule is COc1ccc(-c2nnc(Sc3nc(C(F)(F)F)nc4ccccc34)o2)c(OC)c1. The summed E-state index contributed by atoms with van der Waals surface area (Å²) in [4.78, 5) is 7.26. The Morgan fingerprint density at radius 1 is 0.967 bits per heavy atom. The summed E-state index contributed by atoms with van der Waals surface area (Å²) in [5.41, 5.74) is 0.681. The Morgan fingerprint density at radius 2 is 1.77 bits per heavy atom. The molecule has 2 aromatic heterocycles. The molecule has 0 aliphatic carbocycles. The lowest BCUT2D eigenvalue weighted by molar-refractivity contribution is -0.145. The van der Waals surface area contributed by atoms with E-state index in [0.717, 1.165) is 11.8 Å². The van der Waals surface area contributed by atoms with Gasteiger partial charge >= 0.3 is 6.18 Å². The number of alkyl halides is 3. The predicted molar refractivity (Wildman–Crippen MR) is 102 cm³/mol. The largest absolute Gasteiger partial charge is 0.497 e. The number of nitrogens with zero attached hydrogens (tertiary/aromatic N) is 4. The first-order chi connectivity index (χ1) is 14.4. The van der Waals surface area contributed by atoms with Gasteiger partial charge in [0.2, 0.25) is 5.82 Å². The van der Waals surface area contributed by atoms with E-state index >= 15 is 0 Å². The molecule has 0 radical (unpaired) electrons. The van der Waals surface area contributed by atoms with Crippen molar-refractivity contribution in [2.75, 3.05) is 14.2 Å². The van der Waals surface area contributed by atoms with Crippen LogP contribution in [0.1, 0.15) is 5.82 Å². The molecule has 30 heavy (non-hydrogen) atoms. The van der Waals surface area contributed by atoms with E-state index in [4.69, 9.17) is 13.9 Å². The monoisotopic (exact) mass is 434 g/mol. The first-order valence-corrected chi connectivity index (χ1v) is 9.28. The second kappa shape index (κ2) is 7.82. The molecule has 2 aromatic carbocycles. The minimum absolute atomic E-state index is 0.0276. The third kappa shape index (κ3) is 3.88. The van der Waals surface area contributed by atoms with E-state index in [-0.39, 0.29) is 21.7 Å². The van der Waals surface area contributed by atoms with Crippen LogP contribution >= 0.6 is 11.8 Å². The molecule has 11 heteroatoms. The predicted octanol–water partition coefficient (Wildman–Crippen LogP) is 4.87. The molecule has 0 atom stereocenters. The van der Waals surface area contributed by atoms with Crippen LogP contribution in [0.2, 0.25) is 0 Å². The van der Waals surface area contributed by atoms with Crippen molar-refractivity contribution < 1.29 is 27.1 Å². The van der Waals surface area contributed by atoms with Crippen molar-refractivity contribution in [2.24, 2.45) is 0 Å². The van der Waals surface area contributed by atoms with Crippen molar-refractivity contribution in [3.63, 3.8) is 0 Å². The summed E-state index contributed by atoms with van der Waals surface area (Å²) >= 11 is 0.827. The number of rotatable bonds is 5. The van der Waals surface area contributed by atoms with Gasteiger partial charge in [0.15, 0.2) is 0 Å². The highest BCUT2D eigenvalue weighted by Gasteiger charge is 2.35. The molecule has 7 nitrogen and oxygen atoms in total. The zero-order valence-electron chi connectivity index (χ0n) is 15.6. The van der Waals surface area contributed by atoms with Gasteiger partial charge in [-0.1, -0.05) is 18.2 Å². The standard InChI is InChI=1S/C19H13F3N4O3S/c1-27-10-7-8-12(14(9-10)28-2)15-25-26-18(29-15)30-16-11-5-3-4-6-13(11)23-17(24-16)19(20,21)22/h3-9H,1-2H3. The van der Waals surface area contributed by atoms with Crippen LogP contribution in [0.5, 0.6) is 11.5 Å². The Labute approximate surface area is 172 Å². The molecule has 0 unspecified atom stereocenters. The Morgan fingerprint density at radius 3 is 2.50 bits per heavy atom. The second-order valence-corrected chi connectivity index (χ2v) is 6.85. The zero-order valence-corrected chi connectivity index (χ0v) is 16.4. The van der Waals surface area contributed by atoms with Crippen LogP contribution in [0.25, 0.3) is 22.4 Å². The Hall–Kier alpha value is -3.34. The molecule has 2 heterocycles. The fourth-order valence-corrected chi connectivity index (χ4v) is 3.45. The Kier molecular flexibility index (Phi) is 5.20. The third-order valence-electron chi connectivity index (χ3n) is 4.05. The van der Waals surface area contributed by atoms with Crippen LogP contribution in [0.4, 0.5) is 13.2 Å². The molecule has 0 amide bonds. The fourth-order valence-electron chi connectivity index (χ4n) is 2.67. The number of fused-ring (bicyclic) bond motifs is 1. The van der Waals surface area contributed by atoms with Crippen molar-refractivity contribution in [3.8, 4) is 23.0 Å². The van der Waals surface area contributed by atoms with Gasteiger partial charge in [-0.05, 0) is 30.0 Å². The second-order valence-electron chi connectivity index (χ2n) is 5.91. The van der Waals surface area contributed by atoms with Crippen molar-refractivity contribution in [1.29, 1.82) is 0 Å². The summed E-state index contributed by atoms with van der Waals surface area (Å²) in [5.74, 6) is -0.0649. The van der Waals surface area contributed by atoms with Crippen molar-refractivity contribution >= 4 is 22.7 Å². The molecular weight excluding hydrogens is 421 g/mol. The van der Waals surface area contributed by atoms with Crippen LogP contribution in [-0.2, 0) is 6.18 Å². The average molecular weight is 434 g/mol. The molecule has 4 rings (SSSR count). The number of hydrogen-bond donors (Lipinski definition) is 0. The molecule has 0 fully saturated rings. The van der Waals surface area contributed by atoms with Crippen LogP contribution in [-0.4, -0.2) is 34.4 Å². The number of methoxy groups -OCH3 is 2. The fraction of sp³-hybridized carbons (Fsp3) is 0.158. The summed E-state index contributed by atoms with van der Waals surface area (Å²) in [6.07, 6.45) is -4.68. The number of benzene rings is 2. The summed E-state index contributed by atoms with van der Waals surface area (Å²) < 4.78 is 55.7. The Balaban J connectivity index is 1.72. The lowest BCUT2D eigenvalue weighted by atomic mass is 10.2. The summed E-state index contributed by atoms with van der Waals surface area (Å²) in [5, 5.41) is 8.43. The van der Waals surface area contributed by atoms with Gasteiger partial charge in [-0.25, -0.2) is 9.97 Å². The molecule has 0 saturated carbocycles. The molecule has 0 spiro atoms. The summed E-state index contributed by atoms with van der Waals surface area (Å²) in [6.45, 7) is 0. The summed E-state index contributed by atoms with van der Waals surface area (Å²) in [6, 6.07) is 11.4. The maximum absolute atomic E-state index is 13.2. The number of para-hydroxylation sites is 1. The topological polar surface area (TPSA) is 83.2 Å². The maximum Gasteiger partial charge on any atom is 0.451 e. The molecule has 4 aromatic rings. The molecule has 0 bridgehead atoms. The minimum Gasteiger partial charge on any atom is -0.497 e. The molecule has 154 valence electrons. The van der Waals surface area contributed by atoms with E-state index < -0.39 is 12.0 Å². The third-order valence-corrected chi connectivity index (χ3v) is 4.90. The lowest BCUT2D eigenvalue weighted by Gasteiger charge is -2.09. The van der Waals surface area contributed by atoms with E-state index in [2.05, 4.69) is 20.2 Å². The van der Waals surface area contributed by atoms with Gasteiger partial charge in [-0.15, -0.1) is 10.2 Å². The van der Waals surface area contributed by atoms with E-state index in [1.54, 1.807) is 36.4 Å². The van der Waals surface area contributed by atoms with Gasteiger partial charge < -0.3 is 13.9 Å². The van der Waals surface area contributed by atoms with Gasteiger partial charge in [-0.2, -0.15) is 13.2 Å². The molecule has 0 saturated heterocycles. The van der Waals surface area contributed by atoms with Crippen LogP contribution < -0.4 is 9.47 Å². The molecule has 0 aliphatic heterocycles. The highest BCUT2D eigenvalue weighted by molar-refractivity contribution is 7.99. The average Bonchev–Trinajstić information content (AvgIpc) is 3.20. The normalized spacial score (nSPS) is 11.6. The maximum atomic E-state index is 13.2. The first-order valence-electron chi connectivity index (χ1n) is 8.47. The zero-order chi connectivity index (χ0) is 21.3. The van der Waals surface area contributed by atoms with E-state index in [0.29, 0.717) is 22.4 Å². The van der Waals surface area contributed by atoms with E-state index in [9.17, 15) is 13.2 Å². The number of ether oxygens (including phenoxy) is 2. The highest BCUT2D eigenvalue weighted by Crippen LogP contribution is 2.37. The van der Waals surface area contributed by atoms with Crippen LogP contribution in [0.15, 0.2) is 57.1 Å². The van der Waals surface area contributed by atoms with Gasteiger partial charge in [0, 0.05) is 11.5 Å². The first kappa shape index (κ1) is 20.0. The van der Waals surface area contributed by atoms with Gasteiger partial charge in [0.05, 0.1) is 25.3 Å². The van der Waals surface area contributed by atoms with Crippen molar-refractivity contribution in [3.05, 3.63) is 48.3 Å². The number of aromatic nitrogens is 4.